The molecular weight excluding hydrogens is 338 g/mol. The topological polar surface area (TPSA) is 48.3 Å². The smallest absolute Gasteiger partial charge is 0.253 e. The second kappa shape index (κ2) is 7.43. The largest absolute Gasteiger partial charge is 0.378 e. The highest BCUT2D eigenvalue weighted by Gasteiger charge is 2.23. The Morgan fingerprint density at radius 1 is 1.11 bits per heavy atom. The predicted octanol–water partition coefficient (Wildman–Crippen LogP) is 3.53. The fourth-order valence-corrected chi connectivity index (χ4v) is 4.41. The van der Waals surface area contributed by atoms with Gasteiger partial charge >= 0.3 is 0 Å². The molecule has 4 nitrogen and oxygen atoms in total. The zero-order chi connectivity index (χ0) is 19.0. The van der Waals surface area contributed by atoms with E-state index in [1.54, 1.807) is 11.6 Å². The first-order valence-electron chi connectivity index (χ1n) is 9.97. The Bertz CT molecular complexity index is 909. The molecule has 4 rings (SSSR count). The molecule has 0 spiro atoms. The zero-order valence-corrected chi connectivity index (χ0v) is 16.2. The molecule has 2 aliphatic rings. The summed E-state index contributed by atoms with van der Waals surface area (Å²) in [4.78, 5) is 24.1. The van der Waals surface area contributed by atoms with Crippen LogP contribution in [0.15, 0.2) is 29.2 Å². The van der Waals surface area contributed by atoms with Gasteiger partial charge in [0.2, 0.25) is 0 Å². The number of ether oxygens (including phenoxy) is 1. The van der Waals surface area contributed by atoms with Gasteiger partial charge in [-0.1, -0.05) is 12.1 Å². The minimum Gasteiger partial charge on any atom is -0.378 e. The summed E-state index contributed by atoms with van der Waals surface area (Å²) in [7, 11) is 1.80. The second-order valence-electron chi connectivity index (χ2n) is 8.01. The number of aryl methyl sites for hydroxylation is 3. The third-order valence-corrected chi connectivity index (χ3v) is 5.90. The molecule has 1 atom stereocenters. The Balaban J connectivity index is 1.78. The van der Waals surface area contributed by atoms with Crippen LogP contribution >= 0.6 is 0 Å². The number of Topliss-reactive ketones (excluding diaryl/α,β-unsaturated/α-hetero) is 1. The van der Waals surface area contributed by atoms with E-state index >= 15 is 0 Å². The van der Waals surface area contributed by atoms with Crippen LogP contribution in [0, 0.1) is 6.92 Å². The molecule has 2 heterocycles. The molecule has 1 aliphatic heterocycles. The van der Waals surface area contributed by atoms with Crippen molar-refractivity contribution in [2.24, 2.45) is 7.05 Å². The van der Waals surface area contributed by atoms with E-state index in [-0.39, 0.29) is 11.7 Å². The lowest BCUT2D eigenvalue weighted by Crippen LogP contribution is -2.24. The standard InChI is InChI=1S/C23H27NO3/c1-15-9-19(14-24(2)23(15)26)17-10-16-6-7-20(25)13-22(16)18(11-17)12-21-5-3-4-8-27-21/h9-11,14,21H,3-8,12-13H2,1-2H3. The predicted molar refractivity (Wildman–Crippen MR) is 106 cm³/mol. The fraction of sp³-hybridized carbons (Fsp3) is 0.478. The Hall–Kier alpha value is -2.20. The quantitative estimate of drug-likeness (QED) is 0.836. The monoisotopic (exact) mass is 365 g/mol. The van der Waals surface area contributed by atoms with Crippen LogP contribution in [0.3, 0.4) is 0 Å². The highest BCUT2D eigenvalue weighted by Crippen LogP contribution is 2.32. The maximum absolute atomic E-state index is 12.1. The Kier molecular flexibility index (Phi) is 5.00. The SMILES string of the molecule is Cc1cc(-c2cc3c(c(CC4CCCCO4)c2)CC(=O)CC3)cn(C)c1=O. The van der Waals surface area contributed by atoms with Crippen LogP contribution in [0.5, 0.6) is 0 Å². The minimum atomic E-state index is 0.0399. The number of hydrogen-bond donors (Lipinski definition) is 0. The van der Waals surface area contributed by atoms with Gasteiger partial charge in [0.15, 0.2) is 0 Å². The number of rotatable bonds is 3. The molecule has 1 saturated heterocycles. The van der Waals surface area contributed by atoms with Crippen LogP contribution in [0.25, 0.3) is 11.1 Å². The van der Waals surface area contributed by atoms with E-state index in [0.29, 0.717) is 18.6 Å². The number of ketones is 1. The molecule has 1 unspecified atom stereocenters. The number of aromatic nitrogens is 1. The van der Waals surface area contributed by atoms with Gasteiger partial charge in [0.1, 0.15) is 5.78 Å². The lowest BCUT2D eigenvalue weighted by Gasteiger charge is -2.26. The molecule has 142 valence electrons. The number of carbonyl (C=O) groups excluding carboxylic acids is 1. The van der Waals surface area contributed by atoms with Crippen LogP contribution in [0.1, 0.15) is 47.9 Å². The van der Waals surface area contributed by atoms with Crippen molar-refractivity contribution in [1.29, 1.82) is 0 Å². The van der Waals surface area contributed by atoms with Crippen molar-refractivity contribution < 1.29 is 9.53 Å². The molecular formula is C23H27NO3. The minimum absolute atomic E-state index is 0.0399. The van der Waals surface area contributed by atoms with Gasteiger partial charge in [-0.05, 0) is 72.9 Å². The summed E-state index contributed by atoms with van der Waals surface area (Å²) in [6.07, 6.45) is 8.45. The van der Waals surface area contributed by atoms with Gasteiger partial charge < -0.3 is 9.30 Å². The summed E-state index contributed by atoms with van der Waals surface area (Å²) in [6, 6.07) is 6.40. The number of nitrogens with zero attached hydrogens (tertiary/aromatic N) is 1. The summed E-state index contributed by atoms with van der Waals surface area (Å²) < 4.78 is 7.62. The van der Waals surface area contributed by atoms with Crippen LogP contribution in [-0.2, 0) is 35.8 Å². The summed E-state index contributed by atoms with van der Waals surface area (Å²) in [5, 5.41) is 0. The Morgan fingerprint density at radius 2 is 1.96 bits per heavy atom. The van der Waals surface area contributed by atoms with Gasteiger partial charge in [0.25, 0.3) is 5.56 Å². The van der Waals surface area contributed by atoms with Crippen molar-refractivity contribution in [2.75, 3.05) is 6.61 Å². The average molecular weight is 365 g/mol. The number of fused-ring (bicyclic) bond motifs is 1. The van der Waals surface area contributed by atoms with Crippen molar-refractivity contribution in [2.45, 2.75) is 58.0 Å². The summed E-state index contributed by atoms with van der Waals surface area (Å²) in [6.45, 7) is 2.70. The summed E-state index contributed by atoms with van der Waals surface area (Å²) >= 11 is 0. The van der Waals surface area contributed by atoms with Gasteiger partial charge in [0, 0.05) is 38.3 Å². The van der Waals surface area contributed by atoms with Gasteiger partial charge in [-0.2, -0.15) is 0 Å². The van der Waals surface area contributed by atoms with Crippen molar-refractivity contribution in [3.05, 3.63) is 57.0 Å². The number of pyridine rings is 1. The van der Waals surface area contributed by atoms with E-state index in [0.717, 1.165) is 49.0 Å². The third-order valence-electron chi connectivity index (χ3n) is 5.90. The summed E-state index contributed by atoms with van der Waals surface area (Å²) in [5.74, 6) is 0.332. The van der Waals surface area contributed by atoms with E-state index in [2.05, 4.69) is 12.1 Å². The normalized spacial score (nSPS) is 19.8. The van der Waals surface area contributed by atoms with Gasteiger partial charge in [-0.15, -0.1) is 0 Å². The first kappa shape index (κ1) is 18.2. The highest BCUT2D eigenvalue weighted by atomic mass is 16.5. The molecule has 27 heavy (non-hydrogen) atoms. The van der Waals surface area contributed by atoms with E-state index in [9.17, 15) is 9.59 Å². The van der Waals surface area contributed by atoms with Gasteiger partial charge in [0.05, 0.1) is 6.10 Å². The van der Waals surface area contributed by atoms with Gasteiger partial charge in [-0.3, -0.25) is 9.59 Å². The maximum atomic E-state index is 12.1. The lowest BCUT2D eigenvalue weighted by atomic mass is 9.83. The van der Waals surface area contributed by atoms with Crippen molar-refractivity contribution in [3.8, 4) is 11.1 Å². The molecule has 1 aromatic carbocycles. The van der Waals surface area contributed by atoms with Crippen LogP contribution in [0.2, 0.25) is 0 Å². The lowest BCUT2D eigenvalue weighted by molar-refractivity contribution is -0.118. The number of benzene rings is 1. The van der Waals surface area contributed by atoms with E-state index in [4.69, 9.17) is 4.74 Å². The molecule has 0 radical (unpaired) electrons. The molecule has 1 aromatic heterocycles. The molecule has 1 fully saturated rings. The Labute approximate surface area is 160 Å². The average Bonchev–Trinajstić information content (AvgIpc) is 2.66. The zero-order valence-electron chi connectivity index (χ0n) is 16.2. The maximum Gasteiger partial charge on any atom is 0.253 e. The molecule has 0 saturated carbocycles. The van der Waals surface area contributed by atoms with E-state index < -0.39 is 0 Å². The second-order valence-corrected chi connectivity index (χ2v) is 8.01. The molecule has 1 aliphatic carbocycles. The highest BCUT2D eigenvalue weighted by molar-refractivity contribution is 5.84. The van der Waals surface area contributed by atoms with Crippen molar-refractivity contribution in [3.63, 3.8) is 0 Å². The van der Waals surface area contributed by atoms with Crippen LogP contribution in [-0.4, -0.2) is 23.1 Å². The molecule has 0 bridgehead atoms. The van der Waals surface area contributed by atoms with E-state index in [1.807, 2.05) is 19.2 Å². The number of carbonyl (C=O) groups is 1. The van der Waals surface area contributed by atoms with Crippen LogP contribution in [0.4, 0.5) is 0 Å². The van der Waals surface area contributed by atoms with Crippen molar-refractivity contribution >= 4 is 5.78 Å². The Morgan fingerprint density at radius 3 is 2.70 bits per heavy atom. The number of hydrogen-bond acceptors (Lipinski definition) is 3. The summed E-state index contributed by atoms with van der Waals surface area (Å²) in [5.41, 5.74) is 6.72. The van der Waals surface area contributed by atoms with Gasteiger partial charge in [-0.25, -0.2) is 0 Å². The first-order chi connectivity index (χ1) is 13.0. The first-order valence-corrected chi connectivity index (χ1v) is 9.97. The van der Waals surface area contributed by atoms with Crippen molar-refractivity contribution in [1.82, 2.24) is 4.57 Å². The van der Waals surface area contributed by atoms with Crippen LogP contribution < -0.4 is 5.56 Å². The molecule has 0 N–H and O–H groups in total. The fourth-order valence-electron chi connectivity index (χ4n) is 4.41. The van der Waals surface area contributed by atoms with E-state index in [1.165, 1.54) is 23.1 Å². The third kappa shape index (κ3) is 3.77. The molecule has 2 aromatic rings. The molecule has 4 heteroatoms. The molecule has 0 amide bonds.